The van der Waals surface area contributed by atoms with Crippen molar-refractivity contribution in [3.8, 4) is 0 Å². The number of fused-ring (bicyclic) bond motifs is 1. The van der Waals surface area contributed by atoms with Crippen LogP contribution in [-0.4, -0.2) is 62.8 Å². The Morgan fingerprint density at radius 1 is 1.03 bits per heavy atom. The van der Waals surface area contributed by atoms with Crippen molar-refractivity contribution >= 4 is 34.8 Å². The Kier molecular flexibility index (Phi) is 16.6. The van der Waals surface area contributed by atoms with Gasteiger partial charge in [-0.25, -0.2) is 9.78 Å². The van der Waals surface area contributed by atoms with Gasteiger partial charge in [-0.2, -0.15) is 0 Å². The highest BCUT2D eigenvalue weighted by Gasteiger charge is 2.12. The molecule has 1 aromatic carbocycles. The Bertz CT molecular complexity index is 1120. The molecule has 14 heteroatoms. The number of aromatic nitrogens is 1. The van der Waals surface area contributed by atoms with Crippen LogP contribution in [0.15, 0.2) is 56.7 Å². The summed E-state index contributed by atoms with van der Waals surface area (Å²) in [5.41, 5.74) is 21.1. The van der Waals surface area contributed by atoms with Crippen molar-refractivity contribution in [3.63, 3.8) is 0 Å². The number of carboxylic acids is 3. The lowest BCUT2D eigenvalue weighted by molar-refractivity contribution is -0.139. The SMILES string of the molecule is CC(C)C[C@H](N)C(=O)O.Cc1cnco1.NC(N)=NCCC[C@H](N)C(=O)O.O=C(O)c1cc2ccccc2o1. The smallest absolute Gasteiger partial charge is 0.371 e. The second-order valence-electron chi connectivity index (χ2n) is 8.53. The minimum Gasteiger partial charge on any atom is -0.480 e. The lowest BCUT2D eigenvalue weighted by atomic mass is 10.1. The highest BCUT2D eigenvalue weighted by Crippen LogP contribution is 2.18. The number of guanidine groups is 1. The monoisotopic (exact) mass is 550 g/mol. The molecule has 0 saturated carbocycles. The summed E-state index contributed by atoms with van der Waals surface area (Å²) < 4.78 is 9.75. The third-order valence-corrected chi connectivity index (χ3v) is 4.52. The van der Waals surface area contributed by atoms with Gasteiger partial charge in [0.25, 0.3) is 0 Å². The van der Waals surface area contributed by atoms with E-state index in [1.165, 1.54) is 12.5 Å². The zero-order valence-electron chi connectivity index (χ0n) is 22.2. The maximum atomic E-state index is 10.5. The van der Waals surface area contributed by atoms with Crippen LogP contribution in [0.5, 0.6) is 0 Å². The number of oxazole rings is 1. The van der Waals surface area contributed by atoms with Gasteiger partial charge in [0.2, 0.25) is 5.76 Å². The van der Waals surface area contributed by atoms with Crippen LogP contribution in [0.3, 0.4) is 0 Å². The first kappa shape index (κ1) is 34.6. The summed E-state index contributed by atoms with van der Waals surface area (Å²) >= 11 is 0. The van der Waals surface area contributed by atoms with Gasteiger partial charge in [0, 0.05) is 11.9 Å². The van der Waals surface area contributed by atoms with Gasteiger partial charge in [0.1, 0.15) is 23.4 Å². The predicted molar refractivity (Wildman–Crippen MR) is 145 cm³/mol. The highest BCUT2D eigenvalue weighted by atomic mass is 16.4. The standard InChI is InChI=1S/C9H6O3.C6H14N4O2.C6H13NO2.C4H5NO/c10-9(11)8-5-6-3-1-2-4-7(6)12-8;7-4(5(11)12)2-1-3-10-6(8)9;1-4(2)3-5(7)6(8)9;1-4-2-5-3-6-4/h1-5H,(H,10,11);4H,1-3,7H2,(H,11,12)(H4,8,9,10);4-5H,3,7H2,1-2H3,(H,8,9);2-3H,1H3/t;4-;5-;/m.00./s1. The van der Waals surface area contributed by atoms with Crippen LogP contribution < -0.4 is 22.9 Å². The van der Waals surface area contributed by atoms with Crippen LogP contribution in [0, 0.1) is 12.8 Å². The number of hydrogen-bond donors (Lipinski definition) is 7. The number of rotatable bonds is 9. The first-order chi connectivity index (χ1) is 18.2. The number of carbonyl (C=O) groups is 3. The van der Waals surface area contributed by atoms with E-state index in [-0.39, 0.29) is 11.7 Å². The Labute approximate surface area is 225 Å². The molecule has 11 N–H and O–H groups in total. The Morgan fingerprint density at radius 2 is 1.64 bits per heavy atom. The molecule has 0 aliphatic rings. The molecule has 2 atom stereocenters. The molecular formula is C25H38N6O8. The molecule has 0 fully saturated rings. The number of aromatic carboxylic acids is 1. The van der Waals surface area contributed by atoms with E-state index in [0.717, 1.165) is 11.1 Å². The molecule has 0 amide bonds. The number of nitrogens with two attached hydrogens (primary N) is 4. The van der Waals surface area contributed by atoms with Crippen molar-refractivity contribution in [3.05, 3.63) is 54.4 Å². The summed E-state index contributed by atoms with van der Waals surface area (Å²) in [7, 11) is 0. The number of hydrogen-bond acceptors (Lipinski definition) is 9. The third-order valence-electron chi connectivity index (χ3n) is 4.52. The van der Waals surface area contributed by atoms with Gasteiger partial charge < -0.3 is 47.1 Å². The van der Waals surface area contributed by atoms with Crippen LogP contribution in [0.1, 0.15) is 49.4 Å². The second kappa shape index (κ2) is 18.8. The lowest BCUT2D eigenvalue weighted by Crippen LogP contribution is -2.31. The Balaban J connectivity index is 0.000000508. The summed E-state index contributed by atoms with van der Waals surface area (Å²) in [6.45, 7) is 6.17. The summed E-state index contributed by atoms with van der Waals surface area (Å²) in [4.78, 5) is 38.1. The van der Waals surface area contributed by atoms with Crippen LogP contribution in [0.4, 0.5) is 0 Å². The van der Waals surface area contributed by atoms with Gasteiger partial charge >= 0.3 is 17.9 Å². The fourth-order valence-corrected chi connectivity index (χ4v) is 2.62. The predicted octanol–water partition coefficient (Wildman–Crippen LogP) is 2.01. The fourth-order valence-electron chi connectivity index (χ4n) is 2.62. The van der Waals surface area contributed by atoms with Crippen molar-refractivity contribution in [2.45, 2.75) is 52.1 Å². The number of nitrogens with zero attached hydrogens (tertiary/aromatic N) is 2. The molecular weight excluding hydrogens is 512 g/mol. The molecule has 2 heterocycles. The molecule has 39 heavy (non-hydrogen) atoms. The number of furan rings is 1. The number of para-hydroxylation sites is 1. The molecule has 14 nitrogen and oxygen atoms in total. The molecule has 2 aromatic heterocycles. The average molecular weight is 551 g/mol. The first-order valence-corrected chi connectivity index (χ1v) is 11.8. The zero-order valence-corrected chi connectivity index (χ0v) is 22.2. The van der Waals surface area contributed by atoms with E-state index >= 15 is 0 Å². The van der Waals surface area contributed by atoms with Gasteiger partial charge in [-0.05, 0) is 44.2 Å². The van der Waals surface area contributed by atoms with Gasteiger partial charge in [0.15, 0.2) is 12.4 Å². The van der Waals surface area contributed by atoms with Crippen LogP contribution >= 0.6 is 0 Å². The number of carboxylic acid groups (broad SMARTS) is 3. The summed E-state index contributed by atoms with van der Waals surface area (Å²) in [6.07, 6.45) is 4.59. The van der Waals surface area contributed by atoms with Crippen molar-refractivity contribution in [2.24, 2.45) is 33.8 Å². The summed E-state index contributed by atoms with van der Waals surface area (Å²) in [6, 6.07) is 7.19. The molecule has 0 saturated heterocycles. The maximum absolute atomic E-state index is 10.5. The second-order valence-corrected chi connectivity index (χ2v) is 8.53. The molecule has 0 spiro atoms. The van der Waals surface area contributed by atoms with E-state index < -0.39 is 30.0 Å². The zero-order chi connectivity index (χ0) is 30.0. The topological polar surface area (TPSA) is 268 Å². The summed E-state index contributed by atoms with van der Waals surface area (Å²) in [5, 5.41) is 26.1. The van der Waals surface area contributed by atoms with Crippen molar-refractivity contribution in [1.29, 1.82) is 0 Å². The van der Waals surface area contributed by atoms with Gasteiger partial charge in [-0.1, -0.05) is 32.0 Å². The molecule has 216 valence electrons. The van der Waals surface area contributed by atoms with Gasteiger partial charge in [-0.3, -0.25) is 14.6 Å². The van der Waals surface area contributed by atoms with Crippen LogP contribution in [0.2, 0.25) is 0 Å². The molecule has 3 rings (SSSR count). The summed E-state index contributed by atoms with van der Waals surface area (Å²) in [5.74, 6) is -1.74. The van der Waals surface area contributed by atoms with Gasteiger partial charge in [-0.15, -0.1) is 0 Å². The average Bonchev–Trinajstić information content (AvgIpc) is 3.51. The largest absolute Gasteiger partial charge is 0.480 e. The van der Waals surface area contributed by atoms with E-state index in [4.69, 9.17) is 47.1 Å². The van der Waals surface area contributed by atoms with E-state index in [9.17, 15) is 14.4 Å². The molecule has 0 radical (unpaired) electrons. The molecule has 0 aliphatic heterocycles. The van der Waals surface area contributed by atoms with E-state index in [1.807, 2.05) is 32.9 Å². The minimum absolute atomic E-state index is 0.0129. The fraction of sp³-hybridized carbons (Fsp3) is 0.400. The van der Waals surface area contributed by atoms with Crippen molar-refractivity contribution in [1.82, 2.24) is 4.98 Å². The highest BCUT2D eigenvalue weighted by molar-refractivity contribution is 5.91. The normalized spacial score (nSPS) is 11.4. The Hall–Kier alpha value is -4.43. The number of aryl methyl sites for hydroxylation is 1. The van der Waals surface area contributed by atoms with E-state index in [2.05, 4.69) is 9.98 Å². The maximum Gasteiger partial charge on any atom is 0.371 e. The number of benzene rings is 1. The van der Waals surface area contributed by atoms with Crippen LogP contribution in [-0.2, 0) is 9.59 Å². The quantitative estimate of drug-likeness (QED) is 0.114. The molecule has 0 bridgehead atoms. The molecule has 3 aromatic rings. The number of aliphatic carboxylic acids is 2. The molecule has 0 unspecified atom stereocenters. The molecule has 0 aliphatic carbocycles. The van der Waals surface area contributed by atoms with Crippen molar-refractivity contribution in [2.75, 3.05) is 6.54 Å². The minimum atomic E-state index is -1.04. The lowest BCUT2D eigenvalue weighted by Gasteiger charge is -2.07. The first-order valence-electron chi connectivity index (χ1n) is 11.8. The van der Waals surface area contributed by atoms with E-state index in [0.29, 0.717) is 37.3 Å². The number of aliphatic imine (C=N–C) groups is 1. The van der Waals surface area contributed by atoms with Gasteiger partial charge in [0.05, 0.1) is 6.20 Å². The van der Waals surface area contributed by atoms with E-state index in [1.54, 1.807) is 18.3 Å². The third kappa shape index (κ3) is 16.8. The van der Waals surface area contributed by atoms with Crippen molar-refractivity contribution < 1.29 is 38.5 Å². The van der Waals surface area contributed by atoms with Crippen LogP contribution in [0.25, 0.3) is 11.0 Å². The Morgan fingerprint density at radius 3 is 2.03 bits per heavy atom.